The summed E-state index contributed by atoms with van der Waals surface area (Å²) >= 11 is 0. The van der Waals surface area contributed by atoms with Gasteiger partial charge in [0.2, 0.25) is 0 Å². The molecule has 1 amide bonds. The number of amides is 1. The first kappa shape index (κ1) is 18.6. The van der Waals surface area contributed by atoms with Gasteiger partial charge in [-0.25, -0.2) is 5.43 Å². The summed E-state index contributed by atoms with van der Waals surface area (Å²) in [4.78, 5) is 12.4. The maximum Gasteiger partial charge on any atom is 0.271 e. The number of hydrogen-bond donors (Lipinski definition) is 1. The van der Waals surface area contributed by atoms with E-state index in [1.165, 1.54) is 5.56 Å². The number of carbonyl (C=O) groups is 1. The molecule has 27 heavy (non-hydrogen) atoms. The van der Waals surface area contributed by atoms with Gasteiger partial charge in [0.05, 0.1) is 13.3 Å². The van der Waals surface area contributed by atoms with Crippen LogP contribution in [0.2, 0.25) is 0 Å². The number of hydrogen-bond acceptors (Lipinski definition) is 3. The third-order valence-corrected chi connectivity index (χ3v) is 4.52. The Morgan fingerprint density at radius 2 is 1.70 bits per heavy atom. The molecule has 0 aliphatic carbocycles. The number of methoxy groups -OCH3 is 1. The van der Waals surface area contributed by atoms with Gasteiger partial charge < -0.3 is 4.74 Å². The largest absolute Gasteiger partial charge is 0.496 e. The molecule has 3 aromatic rings. The van der Waals surface area contributed by atoms with Crippen LogP contribution in [-0.2, 0) is 5.41 Å². The number of benzene rings is 3. The number of fused-ring (bicyclic) bond motifs is 1. The highest BCUT2D eigenvalue weighted by atomic mass is 16.5. The van der Waals surface area contributed by atoms with Gasteiger partial charge in [-0.15, -0.1) is 0 Å². The Kier molecular flexibility index (Phi) is 5.26. The minimum Gasteiger partial charge on any atom is -0.496 e. The fourth-order valence-corrected chi connectivity index (χ4v) is 2.93. The average Bonchev–Trinajstić information content (AvgIpc) is 2.67. The molecule has 4 nitrogen and oxygen atoms in total. The summed E-state index contributed by atoms with van der Waals surface area (Å²) in [6.07, 6.45) is 1.63. The second-order valence-electron chi connectivity index (χ2n) is 7.43. The van der Waals surface area contributed by atoms with E-state index < -0.39 is 0 Å². The Balaban J connectivity index is 1.79. The smallest absolute Gasteiger partial charge is 0.271 e. The van der Waals surface area contributed by atoms with Crippen molar-refractivity contribution in [3.05, 3.63) is 77.4 Å². The molecular formula is C23H24N2O2. The van der Waals surface area contributed by atoms with Gasteiger partial charge >= 0.3 is 0 Å². The SMILES string of the molecule is COc1ccc2ccccc2c1C=NNC(=O)c1ccc(C(C)(C)C)cc1. The molecular weight excluding hydrogens is 336 g/mol. The van der Waals surface area contributed by atoms with Crippen molar-refractivity contribution in [1.82, 2.24) is 5.43 Å². The van der Waals surface area contributed by atoms with Crippen LogP contribution in [0.1, 0.15) is 42.3 Å². The van der Waals surface area contributed by atoms with Crippen molar-refractivity contribution in [2.24, 2.45) is 5.10 Å². The quantitative estimate of drug-likeness (QED) is 0.531. The lowest BCUT2D eigenvalue weighted by Crippen LogP contribution is -2.18. The highest BCUT2D eigenvalue weighted by Crippen LogP contribution is 2.26. The fraction of sp³-hybridized carbons (Fsp3) is 0.217. The summed E-state index contributed by atoms with van der Waals surface area (Å²) in [5, 5.41) is 6.25. The lowest BCUT2D eigenvalue weighted by Gasteiger charge is -2.18. The molecule has 0 aliphatic heterocycles. The number of carbonyl (C=O) groups excluding carboxylic acids is 1. The highest BCUT2D eigenvalue weighted by Gasteiger charge is 2.14. The van der Waals surface area contributed by atoms with Gasteiger partial charge in [-0.05, 0) is 39.9 Å². The number of ether oxygens (including phenoxy) is 1. The van der Waals surface area contributed by atoms with E-state index in [9.17, 15) is 4.79 Å². The zero-order chi connectivity index (χ0) is 19.4. The highest BCUT2D eigenvalue weighted by molar-refractivity contribution is 6.03. The second-order valence-corrected chi connectivity index (χ2v) is 7.43. The predicted octanol–water partition coefficient (Wildman–Crippen LogP) is 4.91. The van der Waals surface area contributed by atoms with Crippen molar-refractivity contribution >= 4 is 22.9 Å². The number of hydrazone groups is 1. The zero-order valence-corrected chi connectivity index (χ0v) is 16.1. The third kappa shape index (κ3) is 4.17. The van der Waals surface area contributed by atoms with Crippen LogP contribution < -0.4 is 10.2 Å². The van der Waals surface area contributed by atoms with Crippen molar-refractivity contribution in [2.45, 2.75) is 26.2 Å². The average molecular weight is 360 g/mol. The van der Waals surface area contributed by atoms with Crippen LogP contribution in [0.5, 0.6) is 5.75 Å². The summed E-state index contributed by atoms with van der Waals surface area (Å²) in [5.74, 6) is 0.465. The monoisotopic (exact) mass is 360 g/mol. The molecule has 4 heteroatoms. The maximum atomic E-state index is 12.4. The van der Waals surface area contributed by atoms with Gasteiger partial charge in [0.25, 0.3) is 5.91 Å². The number of nitrogens with one attached hydrogen (secondary N) is 1. The van der Waals surface area contributed by atoms with Crippen LogP contribution in [0, 0.1) is 0 Å². The van der Waals surface area contributed by atoms with Crippen LogP contribution in [0.3, 0.4) is 0 Å². The molecule has 0 unspecified atom stereocenters. The van der Waals surface area contributed by atoms with E-state index in [1.807, 2.05) is 60.7 Å². The van der Waals surface area contributed by atoms with E-state index in [-0.39, 0.29) is 11.3 Å². The van der Waals surface area contributed by atoms with Crippen LogP contribution in [0.25, 0.3) is 10.8 Å². The van der Waals surface area contributed by atoms with Crippen molar-refractivity contribution in [3.63, 3.8) is 0 Å². The summed E-state index contributed by atoms with van der Waals surface area (Å²) < 4.78 is 5.44. The summed E-state index contributed by atoms with van der Waals surface area (Å²) in [7, 11) is 1.62. The van der Waals surface area contributed by atoms with Crippen molar-refractivity contribution in [2.75, 3.05) is 7.11 Å². The first-order valence-corrected chi connectivity index (χ1v) is 8.90. The van der Waals surface area contributed by atoms with Gasteiger partial charge in [0, 0.05) is 11.1 Å². The molecule has 0 aliphatic rings. The van der Waals surface area contributed by atoms with E-state index in [1.54, 1.807) is 13.3 Å². The Bertz CT molecular complexity index is 983. The molecule has 1 N–H and O–H groups in total. The molecule has 0 atom stereocenters. The summed E-state index contributed by atoms with van der Waals surface area (Å²) in [6, 6.07) is 19.5. The topological polar surface area (TPSA) is 50.7 Å². The maximum absolute atomic E-state index is 12.4. The molecule has 0 heterocycles. The molecule has 0 saturated carbocycles. The van der Waals surface area contributed by atoms with Gasteiger partial charge in [-0.1, -0.05) is 63.2 Å². The standard InChI is InChI=1S/C23H24N2O2/c1-23(2,3)18-12-9-17(10-13-18)22(26)25-24-15-20-19-8-6-5-7-16(19)11-14-21(20)27-4/h5-15H,1-4H3,(H,25,26). The lowest BCUT2D eigenvalue weighted by atomic mass is 9.87. The summed E-state index contributed by atoms with van der Waals surface area (Å²) in [5.41, 5.74) is 5.24. The fourth-order valence-electron chi connectivity index (χ4n) is 2.93. The minimum absolute atomic E-state index is 0.0536. The second kappa shape index (κ2) is 7.62. The van der Waals surface area contributed by atoms with Crippen LogP contribution in [-0.4, -0.2) is 19.2 Å². The zero-order valence-electron chi connectivity index (χ0n) is 16.1. The van der Waals surface area contributed by atoms with Gasteiger partial charge in [-0.2, -0.15) is 5.10 Å². The lowest BCUT2D eigenvalue weighted by molar-refractivity contribution is 0.0955. The number of rotatable bonds is 4. The third-order valence-electron chi connectivity index (χ3n) is 4.52. The molecule has 0 aromatic heterocycles. The van der Waals surface area contributed by atoms with Gasteiger partial charge in [0.15, 0.2) is 0 Å². The minimum atomic E-state index is -0.245. The Labute approximate surface area is 159 Å². The van der Waals surface area contributed by atoms with Crippen LogP contribution >= 0.6 is 0 Å². The first-order chi connectivity index (χ1) is 12.9. The van der Waals surface area contributed by atoms with Crippen LogP contribution in [0.4, 0.5) is 0 Å². The molecule has 0 radical (unpaired) electrons. The molecule has 3 rings (SSSR count). The van der Waals surface area contributed by atoms with Gasteiger partial charge in [0.1, 0.15) is 5.75 Å². The molecule has 0 bridgehead atoms. The molecule has 0 spiro atoms. The van der Waals surface area contributed by atoms with E-state index in [0.29, 0.717) is 11.3 Å². The van der Waals surface area contributed by atoms with Gasteiger partial charge in [-0.3, -0.25) is 4.79 Å². The first-order valence-electron chi connectivity index (χ1n) is 8.90. The predicted molar refractivity (Wildman–Crippen MR) is 111 cm³/mol. The molecule has 138 valence electrons. The normalized spacial score (nSPS) is 11.7. The number of nitrogens with zero attached hydrogens (tertiary/aromatic N) is 1. The van der Waals surface area contributed by atoms with E-state index in [0.717, 1.165) is 16.3 Å². The molecule has 0 saturated heterocycles. The summed E-state index contributed by atoms with van der Waals surface area (Å²) in [6.45, 7) is 6.43. The van der Waals surface area contributed by atoms with E-state index in [4.69, 9.17) is 4.74 Å². The Morgan fingerprint density at radius 3 is 2.37 bits per heavy atom. The molecule has 3 aromatic carbocycles. The van der Waals surface area contributed by atoms with E-state index in [2.05, 4.69) is 31.3 Å². The Morgan fingerprint density at radius 1 is 1.00 bits per heavy atom. The van der Waals surface area contributed by atoms with Crippen LogP contribution in [0.15, 0.2) is 65.8 Å². The Hall–Kier alpha value is -3.14. The van der Waals surface area contributed by atoms with E-state index >= 15 is 0 Å². The van der Waals surface area contributed by atoms with Crippen molar-refractivity contribution < 1.29 is 9.53 Å². The van der Waals surface area contributed by atoms with Crippen molar-refractivity contribution in [3.8, 4) is 5.75 Å². The molecule has 0 fully saturated rings. The van der Waals surface area contributed by atoms with Crippen molar-refractivity contribution in [1.29, 1.82) is 0 Å².